The van der Waals surface area contributed by atoms with Gasteiger partial charge >= 0.3 is 5.97 Å². The van der Waals surface area contributed by atoms with Crippen molar-refractivity contribution >= 4 is 27.4 Å². The summed E-state index contributed by atoms with van der Waals surface area (Å²) < 4.78 is 29.9. The zero-order valence-electron chi connectivity index (χ0n) is 10.8. The van der Waals surface area contributed by atoms with Crippen LogP contribution in [0.5, 0.6) is 0 Å². The van der Waals surface area contributed by atoms with E-state index in [2.05, 4.69) is 14.8 Å². The highest BCUT2D eigenvalue weighted by Gasteiger charge is 2.15. The number of ether oxygens (including phenoxy) is 1. The number of carbonyl (C=O) groups is 1. The molecule has 0 amide bonds. The van der Waals surface area contributed by atoms with E-state index in [9.17, 15) is 13.2 Å². The Morgan fingerprint density at radius 3 is 2.63 bits per heavy atom. The molecule has 0 heterocycles. The maximum absolute atomic E-state index is 11.6. The minimum absolute atomic E-state index is 0.0218. The minimum atomic E-state index is -3.56. The molecule has 0 saturated carbocycles. The van der Waals surface area contributed by atoms with Crippen molar-refractivity contribution in [3.63, 3.8) is 0 Å². The van der Waals surface area contributed by atoms with Gasteiger partial charge in [-0.2, -0.15) is 0 Å². The number of hydrogen-bond donors (Lipinski definition) is 3. The average molecular weight is 287 g/mol. The number of hydrogen-bond acceptors (Lipinski definition) is 6. The van der Waals surface area contributed by atoms with Gasteiger partial charge in [-0.3, -0.25) is 4.79 Å². The Bertz CT molecular complexity index is 557. The van der Waals surface area contributed by atoms with Gasteiger partial charge in [0.2, 0.25) is 10.0 Å². The van der Waals surface area contributed by atoms with E-state index in [-0.39, 0.29) is 23.0 Å². The number of nitrogens with one attached hydrogen (secondary N) is 2. The van der Waals surface area contributed by atoms with Gasteiger partial charge in [-0.05, 0) is 25.2 Å². The lowest BCUT2D eigenvalue weighted by atomic mass is 10.2. The van der Waals surface area contributed by atoms with Crippen LogP contribution in [0.2, 0.25) is 0 Å². The smallest absolute Gasteiger partial charge is 0.307 e. The molecule has 0 fully saturated rings. The van der Waals surface area contributed by atoms with Crippen molar-refractivity contribution < 1.29 is 17.9 Å². The summed E-state index contributed by atoms with van der Waals surface area (Å²) in [6.07, 6.45) is 0.215. The van der Waals surface area contributed by atoms with Crippen LogP contribution in [0.15, 0.2) is 23.1 Å². The van der Waals surface area contributed by atoms with Crippen molar-refractivity contribution in [1.82, 2.24) is 4.72 Å². The number of rotatable bonds is 6. The molecule has 1 aromatic carbocycles. The zero-order valence-corrected chi connectivity index (χ0v) is 11.6. The molecule has 0 aliphatic heterocycles. The Morgan fingerprint density at radius 2 is 2.11 bits per heavy atom. The predicted octanol–water partition coefficient (Wildman–Crippen LogP) is 0.152. The molecule has 0 radical (unpaired) electrons. The number of anilines is 2. The van der Waals surface area contributed by atoms with Crippen molar-refractivity contribution in [2.75, 3.05) is 31.8 Å². The van der Waals surface area contributed by atoms with Crippen LogP contribution < -0.4 is 15.8 Å². The second kappa shape index (κ2) is 6.39. The Morgan fingerprint density at radius 1 is 1.42 bits per heavy atom. The molecule has 0 saturated heterocycles. The fourth-order valence-corrected chi connectivity index (χ4v) is 2.26. The van der Waals surface area contributed by atoms with Crippen LogP contribution in [0.3, 0.4) is 0 Å². The average Bonchev–Trinajstić information content (AvgIpc) is 2.38. The van der Waals surface area contributed by atoms with Crippen molar-refractivity contribution in [1.29, 1.82) is 0 Å². The monoisotopic (exact) mass is 287 g/mol. The molecule has 19 heavy (non-hydrogen) atoms. The predicted molar refractivity (Wildman–Crippen MR) is 72.2 cm³/mol. The van der Waals surface area contributed by atoms with Gasteiger partial charge in [-0.15, -0.1) is 0 Å². The minimum Gasteiger partial charge on any atom is -0.469 e. The zero-order chi connectivity index (χ0) is 14.5. The SMILES string of the molecule is CNS(=O)(=O)c1ccc(NCCC(=O)OC)cc1N. The fourth-order valence-electron chi connectivity index (χ4n) is 1.42. The summed E-state index contributed by atoms with van der Waals surface area (Å²) in [5, 5.41) is 2.95. The lowest BCUT2D eigenvalue weighted by molar-refractivity contribution is -0.140. The normalized spacial score (nSPS) is 11.1. The summed E-state index contributed by atoms with van der Waals surface area (Å²) in [5.74, 6) is -0.324. The van der Waals surface area contributed by atoms with Crippen LogP contribution in [0.1, 0.15) is 6.42 Å². The summed E-state index contributed by atoms with van der Waals surface area (Å²) in [7, 11) is -0.926. The van der Waals surface area contributed by atoms with Crippen LogP contribution in [0, 0.1) is 0 Å². The molecule has 0 bridgehead atoms. The molecule has 0 aromatic heterocycles. The molecule has 8 heteroatoms. The summed E-state index contributed by atoms with van der Waals surface area (Å²) in [4.78, 5) is 10.9. The van der Waals surface area contributed by atoms with E-state index in [1.54, 1.807) is 6.07 Å². The van der Waals surface area contributed by atoms with Crippen LogP contribution in [-0.4, -0.2) is 35.1 Å². The standard InChI is InChI=1S/C11H17N3O4S/c1-13-19(16,17)10-4-3-8(7-9(10)12)14-6-5-11(15)18-2/h3-4,7,13-14H,5-6,12H2,1-2H3. The van der Waals surface area contributed by atoms with Gasteiger partial charge in [0, 0.05) is 12.2 Å². The number of methoxy groups -OCH3 is 1. The third-order valence-corrected chi connectivity index (χ3v) is 3.94. The van der Waals surface area contributed by atoms with E-state index in [1.807, 2.05) is 0 Å². The van der Waals surface area contributed by atoms with Crippen molar-refractivity contribution in [3.05, 3.63) is 18.2 Å². The molecule has 1 aromatic rings. The van der Waals surface area contributed by atoms with Crippen molar-refractivity contribution in [3.8, 4) is 0 Å². The second-order valence-corrected chi connectivity index (χ2v) is 5.57. The number of nitrogens with two attached hydrogens (primary N) is 1. The largest absolute Gasteiger partial charge is 0.469 e. The third kappa shape index (κ3) is 4.11. The van der Waals surface area contributed by atoms with Crippen LogP contribution in [0.25, 0.3) is 0 Å². The summed E-state index contributed by atoms with van der Waals surface area (Å²) in [5.41, 5.74) is 6.46. The molecule has 0 spiro atoms. The Labute approximate surface area is 112 Å². The number of sulfonamides is 1. The van der Waals surface area contributed by atoms with Gasteiger partial charge in [0.15, 0.2) is 0 Å². The van der Waals surface area contributed by atoms with E-state index in [1.165, 1.54) is 26.3 Å². The van der Waals surface area contributed by atoms with Gasteiger partial charge in [0.05, 0.1) is 19.2 Å². The number of carbonyl (C=O) groups excluding carboxylic acids is 1. The maximum Gasteiger partial charge on any atom is 0.307 e. The molecule has 106 valence electrons. The first-order valence-electron chi connectivity index (χ1n) is 5.54. The van der Waals surface area contributed by atoms with Gasteiger partial charge < -0.3 is 15.8 Å². The van der Waals surface area contributed by atoms with Crippen LogP contribution >= 0.6 is 0 Å². The third-order valence-electron chi connectivity index (χ3n) is 2.45. The molecular formula is C11H17N3O4S. The molecule has 1 rings (SSSR count). The van der Waals surface area contributed by atoms with E-state index in [4.69, 9.17) is 5.73 Å². The van der Waals surface area contributed by atoms with E-state index >= 15 is 0 Å². The lowest BCUT2D eigenvalue weighted by Gasteiger charge is -2.10. The number of esters is 1. The molecule has 0 aliphatic carbocycles. The molecule has 0 atom stereocenters. The van der Waals surface area contributed by atoms with Crippen LogP contribution in [0.4, 0.5) is 11.4 Å². The van der Waals surface area contributed by atoms with Gasteiger partial charge in [-0.1, -0.05) is 0 Å². The highest BCUT2D eigenvalue weighted by Crippen LogP contribution is 2.22. The Hall–Kier alpha value is -1.80. The molecular weight excluding hydrogens is 270 g/mol. The van der Waals surface area contributed by atoms with E-state index in [0.717, 1.165) is 0 Å². The van der Waals surface area contributed by atoms with Gasteiger partial charge in [0.1, 0.15) is 4.90 Å². The molecule has 0 unspecified atom stereocenters. The Kier molecular flexibility index (Phi) is 5.13. The van der Waals surface area contributed by atoms with E-state index < -0.39 is 10.0 Å². The van der Waals surface area contributed by atoms with E-state index in [0.29, 0.717) is 12.2 Å². The first-order chi connectivity index (χ1) is 8.90. The highest BCUT2D eigenvalue weighted by atomic mass is 32.2. The summed E-state index contributed by atoms with van der Waals surface area (Å²) in [6, 6.07) is 4.49. The van der Waals surface area contributed by atoms with Gasteiger partial charge in [-0.25, -0.2) is 13.1 Å². The summed E-state index contributed by atoms with van der Waals surface area (Å²) >= 11 is 0. The first kappa shape index (κ1) is 15.3. The maximum atomic E-state index is 11.6. The Balaban J connectivity index is 2.75. The highest BCUT2D eigenvalue weighted by molar-refractivity contribution is 7.89. The van der Waals surface area contributed by atoms with Crippen LogP contribution in [-0.2, 0) is 19.6 Å². The second-order valence-electron chi connectivity index (χ2n) is 3.71. The lowest BCUT2D eigenvalue weighted by Crippen LogP contribution is -2.20. The molecule has 7 nitrogen and oxygen atoms in total. The number of nitrogen functional groups attached to an aromatic ring is 1. The topological polar surface area (TPSA) is 111 Å². The van der Waals surface area contributed by atoms with Crippen molar-refractivity contribution in [2.45, 2.75) is 11.3 Å². The number of benzene rings is 1. The fraction of sp³-hybridized carbons (Fsp3) is 0.364. The molecule has 4 N–H and O–H groups in total. The summed E-state index contributed by atoms with van der Waals surface area (Å²) in [6.45, 7) is 0.379. The van der Waals surface area contributed by atoms with Crippen molar-refractivity contribution in [2.24, 2.45) is 0 Å². The first-order valence-corrected chi connectivity index (χ1v) is 7.03. The van der Waals surface area contributed by atoms with Gasteiger partial charge in [0.25, 0.3) is 0 Å². The molecule has 0 aliphatic rings. The quantitative estimate of drug-likeness (QED) is 0.507.